The Labute approximate surface area is 146 Å². The second-order valence-corrected chi connectivity index (χ2v) is 7.98. The fraction of sp³-hybridized carbons (Fsp3) is 0.588. The van der Waals surface area contributed by atoms with E-state index in [0.29, 0.717) is 17.7 Å². The molecule has 130 valence electrons. The van der Waals surface area contributed by atoms with Crippen LogP contribution in [0.2, 0.25) is 0 Å². The molecule has 0 saturated carbocycles. The number of aromatic nitrogens is 1. The number of carbonyl (C=O) groups is 3. The van der Waals surface area contributed by atoms with Gasteiger partial charge in [-0.05, 0) is 45.9 Å². The van der Waals surface area contributed by atoms with Gasteiger partial charge < -0.3 is 9.88 Å². The predicted octanol–water partition coefficient (Wildman–Crippen LogP) is 2.30. The Hall–Kier alpha value is -1.76. The van der Waals surface area contributed by atoms with Gasteiger partial charge in [0.25, 0.3) is 5.91 Å². The van der Waals surface area contributed by atoms with E-state index in [1.165, 1.54) is 0 Å². The van der Waals surface area contributed by atoms with Crippen molar-refractivity contribution in [1.29, 1.82) is 0 Å². The molecule has 1 N–H and O–H groups in total. The fourth-order valence-electron chi connectivity index (χ4n) is 3.73. The van der Waals surface area contributed by atoms with Crippen molar-refractivity contribution in [1.82, 2.24) is 14.8 Å². The summed E-state index contributed by atoms with van der Waals surface area (Å²) in [5.41, 5.74) is 1.68. The molecule has 7 heteroatoms. The van der Waals surface area contributed by atoms with Crippen LogP contribution in [0.15, 0.2) is 6.07 Å². The number of nitrogens with zero attached hydrogens (tertiary/aromatic N) is 2. The quantitative estimate of drug-likeness (QED) is 0.669. The van der Waals surface area contributed by atoms with Gasteiger partial charge in [0, 0.05) is 28.7 Å². The van der Waals surface area contributed by atoms with E-state index in [-0.39, 0.29) is 24.3 Å². The lowest BCUT2D eigenvalue weighted by atomic mass is 9.99. The molecule has 1 aromatic rings. The number of rotatable bonds is 4. The first-order valence-electron chi connectivity index (χ1n) is 8.20. The highest BCUT2D eigenvalue weighted by molar-refractivity contribution is 7.99. The number of hydrogen-bond donors (Lipinski definition) is 1. The van der Waals surface area contributed by atoms with Crippen molar-refractivity contribution in [3.63, 3.8) is 0 Å². The van der Waals surface area contributed by atoms with Crippen LogP contribution in [0.4, 0.5) is 4.79 Å². The third kappa shape index (κ3) is 2.55. The summed E-state index contributed by atoms with van der Waals surface area (Å²) in [5.74, 6) is 0.984. The van der Waals surface area contributed by atoms with E-state index >= 15 is 0 Å². The van der Waals surface area contributed by atoms with E-state index in [0.717, 1.165) is 22.0 Å². The van der Waals surface area contributed by atoms with E-state index in [9.17, 15) is 14.4 Å². The van der Waals surface area contributed by atoms with Crippen molar-refractivity contribution < 1.29 is 14.4 Å². The molecule has 0 bridgehead atoms. The summed E-state index contributed by atoms with van der Waals surface area (Å²) in [6, 6.07) is 1.65. The third-order valence-electron chi connectivity index (χ3n) is 4.87. The summed E-state index contributed by atoms with van der Waals surface area (Å²) in [5, 5.41) is 2.79. The molecule has 2 saturated heterocycles. The zero-order valence-corrected chi connectivity index (χ0v) is 15.3. The number of amides is 3. The normalized spacial score (nSPS) is 23.6. The van der Waals surface area contributed by atoms with Gasteiger partial charge in [-0.15, -0.1) is 0 Å². The van der Waals surface area contributed by atoms with E-state index in [1.54, 1.807) is 11.8 Å². The summed E-state index contributed by atoms with van der Waals surface area (Å²) in [6.45, 7) is 7.79. The minimum Gasteiger partial charge on any atom is -0.346 e. The van der Waals surface area contributed by atoms with Gasteiger partial charge in [0.1, 0.15) is 5.54 Å². The molecule has 1 spiro atoms. The summed E-state index contributed by atoms with van der Waals surface area (Å²) < 4.78 is 2.09. The lowest BCUT2D eigenvalue weighted by Crippen LogP contribution is -2.47. The molecule has 3 amide bonds. The van der Waals surface area contributed by atoms with Crippen LogP contribution in [-0.2, 0) is 4.79 Å². The number of ketones is 1. The summed E-state index contributed by atoms with van der Waals surface area (Å²) >= 11 is 1.65. The van der Waals surface area contributed by atoms with Crippen LogP contribution in [0.3, 0.4) is 0 Å². The molecule has 6 nitrogen and oxygen atoms in total. The zero-order chi connectivity index (χ0) is 17.6. The largest absolute Gasteiger partial charge is 0.346 e. The molecule has 1 aromatic heterocycles. The van der Waals surface area contributed by atoms with E-state index < -0.39 is 11.6 Å². The minimum absolute atomic E-state index is 0.193. The first-order chi connectivity index (χ1) is 11.3. The second kappa shape index (κ2) is 5.95. The van der Waals surface area contributed by atoms with Gasteiger partial charge in [-0.2, -0.15) is 11.8 Å². The number of aryl methyl sites for hydroxylation is 1. The monoisotopic (exact) mass is 349 g/mol. The number of imide groups is 1. The standard InChI is InChI=1S/C17H23N3O3S/c1-10(2)20-11(3)7-13(12(20)4)14(21)8-19-15(22)17(18-16(19)23)5-6-24-9-17/h7,10H,5-6,8-9H2,1-4H3,(H,18,23)/t17-/m0/s1. The SMILES string of the molecule is Cc1cc(C(=O)CN2C(=O)N[C@]3(CCSC3)C2=O)c(C)n1C(C)C. The highest BCUT2D eigenvalue weighted by atomic mass is 32.2. The fourth-order valence-corrected chi connectivity index (χ4v) is 5.06. The molecule has 0 radical (unpaired) electrons. The maximum absolute atomic E-state index is 12.7. The lowest BCUT2D eigenvalue weighted by Gasteiger charge is -2.19. The molecule has 1 atom stereocenters. The minimum atomic E-state index is -0.795. The molecular weight excluding hydrogens is 326 g/mol. The smallest absolute Gasteiger partial charge is 0.325 e. The second-order valence-electron chi connectivity index (χ2n) is 6.88. The molecular formula is C17H23N3O3S. The Morgan fingerprint density at radius 1 is 1.38 bits per heavy atom. The van der Waals surface area contributed by atoms with Crippen LogP contribution in [0.5, 0.6) is 0 Å². The van der Waals surface area contributed by atoms with Crippen molar-refractivity contribution in [2.75, 3.05) is 18.1 Å². The predicted molar refractivity (Wildman–Crippen MR) is 93.5 cm³/mol. The Morgan fingerprint density at radius 3 is 2.62 bits per heavy atom. The Bertz CT molecular complexity index is 717. The Kier molecular flexibility index (Phi) is 4.23. The van der Waals surface area contributed by atoms with Gasteiger partial charge >= 0.3 is 6.03 Å². The van der Waals surface area contributed by atoms with Gasteiger partial charge in [0.15, 0.2) is 5.78 Å². The summed E-state index contributed by atoms with van der Waals surface area (Å²) in [4.78, 5) is 38.6. The molecule has 0 aromatic carbocycles. The Balaban J connectivity index is 1.82. The number of Topliss-reactive ketones (excluding diaryl/α,β-unsaturated/α-hetero) is 1. The zero-order valence-electron chi connectivity index (χ0n) is 14.5. The van der Waals surface area contributed by atoms with Gasteiger partial charge in [-0.25, -0.2) is 4.79 Å². The van der Waals surface area contributed by atoms with E-state index in [2.05, 4.69) is 23.7 Å². The average Bonchev–Trinajstić information content (AvgIpc) is 3.14. The highest BCUT2D eigenvalue weighted by Crippen LogP contribution is 2.33. The Morgan fingerprint density at radius 2 is 2.08 bits per heavy atom. The molecule has 2 aliphatic heterocycles. The highest BCUT2D eigenvalue weighted by Gasteiger charge is 2.53. The van der Waals surface area contributed by atoms with Crippen LogP contribution in [0.1, 0.15) is 48.1 Å². The summed E-state index contributed by atoms with van der Waals surface area (Å²) in [6.07, 6.45) is 0.634. The maximum Gasteiger partial charge on any atom is 0.325 e. The molecule has 3 heterocycles. The third-order valence-corrected chi connectivity index (χ3v) is 6.06. The van der Waals surface area contributed by atoms with Crippen LogP contribution >= 0.6 is 11.8 Å². The molecule has 0 unspecified atom stereocenters. The van der Waals surface area contributed by atoms with Gasteiger partial charge in [-0.1, -0.05) is 0 Å². The van der Waals surface area contributed by atoms with Crippen LogP contribution in [-0.4, -0.2) is 50.8 Å². The topological polar surface area (TPSA) is 71.4 Å². The van der Waals surface area contributed by atoms with Gasteiger partial charge in [0.05, 0.1) is 6.54 Å². The number of hydrogen-bond acceptors (Lipinski definition) is 4. The number of nitrogens with one attached hydrogen (secondary N) is 1. The lowest BCUT2D eigenvalue weighted by molar-refractivity contribution is -0.130. The molecule has 2 aliphatic rings. The molecule has 2 fully saturated rings. The van der Waals surface area contributed by atoms with Gasteiger partial charge in [0.2, 0.25) is 0 Å². The molecule has 24 heavy (non-hydrogen) atoms. The van der Waals surface area contributed by atoms with Crippen molar-refractivity contribution in [3.8, 4) is 0 Å². The van der Waals surface area contributed by atoms with Crippen molar-refractivity contribution in [2.24, 2.45) is 0 Å². The van der Waals surface area contributed by atoms with Crippen molar-refractivity contribution in [2.45, 2.75) is 45.7 Å². The maximum atomic E-state index is 12.7. The molecule has 3 rings (SSSR count). The van der Waals surface area contributed by atoms with E-state index in [4.69, 9.17) is 0 Å². The number of thioether (sulfide) groups is 1. The van der Waals surface area contributed by atoms with Crippen molar-refractivity contribution >= 4 is 29.5 Å². The van der Waals surface area contributed by atoms with Crippen LogP contribution < -0.4 is 5.32 Å². The average molecular weight is 349 g/mol. The molecule has 0 aliphatic carbocycles. The van der Waals surface area contributed by atoms with Gasteiger partial charge in [-0.3, -0.25) is 14.5 Å². The number of carbonyl (C=O) groups excluding carboxylic acids is 3. The van der Waals surface area contributed by atoms with Crippen LogP contribution in [0.25, 0.3) is 0 Å². The first kappa shape index (κ1) is 17.1. The van der Waals surface area contributed by atoms with E-state index in [1.807, 2.05) is 19.9 Å². The van der Waals surface area contributed by atoms with Crippen LogP contribution in [0, 0.1) is 13.8 Å². The summed E-state index contributed by atoms with van der Waals surface area (Å²) in [7, 11) is 0. The number of urea groups is 1. The van der Waals surface area contributed by atoms with Crippen molar-refractivity contribution in [3.05, 3.63) is 23.0 Å². The first-order valence-corrected chi connectivity index (χ1v) is 9.36.